The molecule has 0 spiro atoms. The van der Waals surface area contributed by atoms with Crippen molar-refractivity contribution in [3.63, 3.8) is 0 Å². The predicted molar refractivity (Wildman–Crippen MR) is 91.6 cm³/mol. The van der Waals surface area contributed by atoms with Gasteiger partial charge in [-0.15, -0.1) is 0 Å². The van der Waals surface area contributed by atoms with Crippen molar-refractivity contribution in [1.29, 1.82) is 0 Å². The van der Waals surface area contributed by atoms with Crippen molar-refractivity contribution in [2.45, 2.75) is 13.2 Å². The van der Waals surface area contributed by atoms with E-state index in [1.807, 2.05) is 24.3 Å². The third kappa shape index (κ3) is 2.66. The molecule has 3 aromatic heterocycles. The number of nitrogens with two attached hydrogens (primary N) is 1. The molecule has 0 atom stereocenters. The van der Waals surface area contributed by atoms with Crippen molar-refractivity contribution in [2.24, 2.45) is 0 Å². The van der Waals surface area contributed by atoms with Crippen molar-refractivity contribution >= 4 is 17.0 Å². The summed E-state index contributed by atoms with van der Waals surface area (Å²) in [7, 11) is 0. The SMILES string of the molecule is Nc1nc(-c2ccn[nH]2)nc2c1[nH]c(=O)n2Cc1cccc(CO)c1. The van der Waals surface area contributed by atoms with Crippen LogP contribution in [0, 0.1) is 0 Å². The molecule has 0 aliphatic rings. The highest BCUT2D eigenvalue weighted by Gasteiger charge is 2.15. The number of imidazole rings is 1. The lowest BCUT2D eigenvalue weighted by Crippen LogP contribution is -2.18. The maximum atomic E-state index is 12.4. The second-order valence-electron chi connectivity index (χ2n) is 5.60. The van der Waals surface area contributed by atoms with E-state index in [9.17, 15) is 9.90 Å². The van der Waals surface area contributed by atoms with Crippen molar-refractivity contribution < 1.29 is 5.11 Å². The first-order valence-electron chi connectivity index (χ1n) is 7.60. The number of hydrogen-bond acceptors (Lipinski definition) is 6. The summed E-state index contributed by atoms with van der Waals surface area (Å²) < 4.78 is 1.49. The normalized spacial score (nSPS) is 11.2. The average molecular weight is 337 g/mol. The largest absolute Gasteiger partial charge is 0.392 e. The summed E-state index contributed by atoms with van der Waals surface area (Å²) in [4.78, 5) is 23.7. The number of aromatic amines is 2. The van der Waals surface area contributed by atoms with E-state index in [1.54, 1.807) is 12.3 Å². The number of hydrogen-bond donors (Lipinski definition) is 4. The predicted octanol–water partition coefficient (Wildman–Crippen LogP) is 0.632. The monoisotopic (exact) mass is 337 g/mol. The van der Waals surface area contributed by atoms with Gasteiger partial charge in [-0.2, -0.15) is 5.10 Å². The van der Waals surface area contributed by atoms with Gasteiger partial charge >= 0.3 is 5.69 Å². The van der Waals surface area contributed by atoms with Gasteiger partial charge in [-0.25, -0.2) is 14.8 Å². The Bertz CT molecular complexity index is 1100. The Morgan fingerprint density at radius 2 is 2.04 bits per heavy atom. The number of nitrogens with zero attached hydrogens (tertiary/aromatic N) is 4. The molecule has 9 nitrogen and oxygen atoms in total. The number of nitrogen functional groups attached to an aromatic ring is 1. The summed E-state index contributed by atoms with van der Waals surface area (Å²) in [5.74, 6) is 0.550. The molecule has 4 aromatic rings. The third-order valence-electron chi connectivity index (χ3n) is 3.91. The molecule has 4 rings (SSSR count). The molecule has 5 N–H and O–H groups in total. The van der Waals surface area contributed by atoms with Crippen LogP contribution in [0.1, 0.15) is 11.1 Å². The summed E-state index contributed by atoms with van der Waals surface area (Å²) in [5, 5.41) is 15.9. The molecule has 0 bridgehead atoms. The standard InChI is InChI=1S/C16H15N7O2/c17-13-12-15(21-14(20-13)11-4-5-18-22-11)23(16(25)19-12)7-9-2-1-3-10(6-9)8-24/h1-6,24H,7-8H2,(H,18,22)(H,19,25)(H2,17,20,21). The lowest BCUT2D eigenvalue weighted by Gasteiger charge is -2.06. The number of benzene rings is 1. The molecule has 126 valence electrons. The van der Waals surface area contributed by atoms with Gasteiger partial charge in [0.05, 0.1) is 13.2 Å². The van der Waals surface area contributed by atoms with Gasteiger partial charge in [0.1, 0.15) is 11.2 Å². The molecule has 0 radical (unpaired) electrons. The molecular weight excluding hydrogens is 322 g/mol. The lowest BCUT2D eigenvalue weighted by molar-refractivity contribution is 0.281. The quantitative estimate of drug-likeness (QED) is 0.431. The number of nitrogens with one attached hydrogen (secondary N) is 2. The van der Waals surface area contributed by atoms with Gasteiger partial charge < -0.3 is 15.8 Å². The van der Waals surface area contributed by atoms with Crippen LogP contribution in [0.4, 0.5) is 5.82 Å². The van der Waals surface area contributed by atoms with E-state index in [-0.39, 0.29) is 18.1 Å². The van der Waals surface area contributed by atoms with E-state index >= 15 is 0 Å². The Morgan fingerprint density at radius 3 is 2.80 bits per heavy atom. The molecule has 0 saturated carbocycles. The van der Waals surface area contributed by atoms with Crippen molar-refractivity contribution in [1.82, 2.24) is 29.7 Å². The Hall–Kier alpha value is -3.46. The van der Waals surface area contributed by atoms with Gasteiger partial charge in [0.15, 0.2) is 17.3 Å². The zero-order chi connectivity index (χ0) is 17.4. The molecule has 0 fully saturated rings. The fraction of sp³-hybridized carbons (Fsp3) is 0.125. The molecule has 0 aliphatic carbocycles. The van der Waals surface area contributed by atoms with Crippen molar-refractivity contribution in [3.05, 3.63) is 58.1 Å². The number of fused-ring (bicyclic) bond motifs is 1. The van der Waals surface area contributed by atoms with Crippen LogP contribution in [0.15, 0.2) is 41.3 Å². The van der Waals surface area contributed by atoms with E-state index in [2.05, 4.69) is 25.1 Å². The minimum Gasteiger partial charge on any atom is -0.392 e. The lowest BCUT2D eigenvalue weighted by atomic mass is 10.1. The summed E-state index contributed by atoms with van der Waals surface area (Å²) >= 11 is 0. The average Bonchev–Trinajstić information content (AvgIpc) is 3.25. The van der Waals surface area contributed by atoms with Crippen LogP contribution in [-0.2, 0) is 13.2 Å². The maximum Gasteiger partial charge on any atom is 0.328 e. The smallest absolute Gasteiger partial charge is 0.328 e. The Balaban J connectivity index is 1.85. The minimum absolute atomic E-state index is 0.0598. The molecule has 1 aromatic carbocycles. The van der Waals surface area contributed by atoms with Crippen LogP contribution in [0.2, 0.25) is 0 Å². The summed E-state index contributed by atoms with van der Waals surface area (Å²) in [6.07, 6.45) is 1.59. The first-order chi connectivity index (χ1) is 12.2. The third-order valence-corrected chi connectivity index (χ3v) is 3.91. The van der Waals surface area contributed by atoms with E-state index in [0.717, 1.165) is 11.1 Å². The molecule has 0 amide bonds. The van der Waals surface area contributed by atoms with Gasteiger partial charge in [0.25, 0.3) is 0 Å². The summed E-state index contributed by atoms with van der Waals surface area (Å²) in [6, 6.07) is 9.09. The molecule has 3 heterocycles. The van der Waals surface area contributed by atoms with Gasteiger partial charge in [0, 0.05) is 6.20 Å². The fourth-order valence-corrected chi connectivity index (χ4v) is 2.71. The Kier molecular flexibility index (Phi) is 3.55. The van der Waals surface area contributed by atoms with Crippen molar-refractivity contribution in [2.75, 3.05) is 5.73 Å². The highest BCUT2D eigenvalue weighted by Crippen LogP contribution is 2.20. The number of rotatable bonds is 4. The van der Waals surface area contributed by atoms with E-state index in [0.29, 0.717) is 29.2 Å². The zero-order valence-corrected chi connectivity index (χ0v) is 13.1. The number of H-pyrrole nitrogens is 2. The highest BCUT2D eigenvalue weighted by molar-refractivity contribution is 5.83. The first kappa shape index (κ1) is 15.1. The minimum atomic E-state index is -0.327. The van der Waals surface area contributed by atoms with Crippen LogP contribution in [0.5, 0.6) is 0 Å². The van der Waals surface area contributed by atoms with Gasteiger partial charge in [0.2, 0.25) is 0 Å². The Morgan fingerprint density at radius 1 is 1.20 bits per heavy atom. The van der Waals surface area contributed by atoms with Crippen LogP contribution >= 0.6 is 0 Å². The second kappa shape index (κ2) is 5.87. The Labute approximate surface area is 141 Å². The molecule has 0 unspecified atom stereocenters. The second-order valence-corrected chi connectivity index (χ2v) is 5.60. The van der Waals surface area contributed by atoms with E-state index in [4.69, 9.17) is 5.73 Å². The summed E-state index contributed by atoms with van der Waals surface area (Å²) in [5.41, 5.74) is 8.72. The molecule has 25 heavy (non-hydrogen) atoms. The van der Waals surface area contributed by atoms with E-state index in [1.165, 1.54) is 4.57 Å². The molecule has 0 aliphatic heterocycles. The topological polar surface area (TPSA) is 138 Å². The number of aromatic nitrogens is 6. The zero-order valence-electron chi connectivity index (χ0n) is 13.1. The van der Waals surface area contributed by atoms with Crippen LogP contribution in [0.25, 0.3) is 22.7 Å². The fourth-order valence-electron chi connectivity index (χ4n) is 2.71. The molecule has 0 saturated heterocycles. The van der Waals surface area contributed by atoms with Gasteiger partial charge in [-0.05, 0) is 17.2 Å². The summed E-state index contributed by atoms with van der Waals surface area (Å²) in [6.45, 7) is 0.237. The number of anilines is 1. The highest BCUT2D eigenvalue weighted by atomic mass is 16.3. The molecule has 9 heteroatoms. The molecular formula is C16H15N7O2. The van der Waals surface area contributed by atoms with Gasteiger partial charge in [-0.3, -0.25) is 9.67 Å². The van der Waals surface area contributed by atoms with Crippen LogP contribution < -0.4 is 11.4 Å². The maximum absolute atomic E-state index is 12.4. The van der Waals surface area contributed by atoms with Crippen molar-refractivity contribution in [3.8, 4) is 11.5 Å². The van der Waals surface area contributed by atoms with Crippen LogP contribution in [-0.4, -0.2) is 34.8 Å². The number of aliphatic hydroxyl groups excluding tert-OH is 1. The van der Waals surface area contributed by atoms with Crippen LogP contribution in [0.3, 0.4) is 0 Å². The van der Waals surface area contributed by atoms with E-state index < -0.39 is 0 Å². The first-order valence-corrected chi connectivity index (χ1v) is 7.60. The number of aliphatic hydroxyl groups is 1. The van der Waals surface area contributed by atoms with Gasteiger partial charge in [-0.1, -0.05) is 24.3 Å².